The van der Waals surface area contributed by atoms with E-state index in [0.29, 0.717) is 17.5 Å². The molecular weight excluding hydrogens is 380 g/mol. The number of allylic oxidation sites excluding steroid dienone is 5. The van der Waals surface area contributed by atoms with E-state index in [1.54, 1.807) is 12.1 Å². The first-order valence-corrected chi connectivity index (χ1v) is 9.86. The normalized spacial score (nSPS) is 14.6. The molecule has 0 aromatic heterocycles. The van der Waals surface area contributed by atoms with Crippen LogP contribution in [0.1, 0.15) is 55.1 Å². The standard InChI is InChI=1S/C25H26O5/c1-15(2)5-4-6-16(3)7-8-17-9-10-18(24(28)23(17)27)13-22-25(29)20-12-11-19(26)14-21(20)30-22/h5,7,9-14,26-28H,4,6,8H2,1-3H3. The molecule has 0 atom stereocenters. The number of phenolic OH excluding ortho intramolecular Hbond substituents is 3. The molecule has 1 aliphatic heterocycles. The molecule has 156 valence electrons. The van der Waals surface area contributed by atoms with Crippen molar-refractivity contribution in [1.29, 1.82) is 0 Å². The van der Waals surface area contributed by atoms with Crippen LogP contribution in [0.25, 0.3) is 6.08 Å². The Morgan fingerprint density at radius 2 is 1.77 bits per heavy atom. The van der Waals surface area contributed by atoms with Gasteiger partial charge in [0.15, 0.2) is 17.3 Å². The lowest BCUT2D eigenvalue weighted by Gasteiger charge is -2.08. The van der Waals surface area contributed by atoms with Crippen LogP contribution in [0.3, 0.4) is 0 Å². The average molecular weight is 406 g/mol. The van der Waals surface area contributed by atoms with Gasteiger partial charge < -0.3 is 20.1 Å². The van der Waals surface area contributed by atoms with Gasteiger partial charge in [-0.1, -0.05) is 35.4 Å². The first kappa shape index (κ1) is 21.2. The Labute approximate surface area is 176 Å². The molecule has 0 fully saturated rings. The minimum absolute atomic E-state index is 0.00292. The Balaban J connectivity index is 1.76. The third-order valence-electron chi connectivity index (χ3n) is 4.97. The van der Waals surface area contributed by atoms with E-state index in [1.807, 2.05) is 13.0 Å². The van der Waals surface area contributed by atoms with Crippen LogP contribution in [0.5, 0.6) is 23.0 Å². The van der Waals surface area contributed by atoms with Gasteiger partial charge in [-0.15, -0.1) is 0 Å². The van der Waals surface area contributed by atoms with E-state index < -0.39 is 0 Å². The number of carbonyl (C=O) groups is 1. The van der Waals surface area contributed by atoms with Crippen molar-refractivity contribution in [3.63, 3.8) is 0 Å². The summed E-state index contributed by atoms with van der Waals surface area (Å²) >= 11 is 0. The van der Waals surface area contributed by atoms with Crippen LogP contribution in [0.15, 0.2) is 59.4 Å². The zero-order valence-corrected chi connectivity index (χ0v) is 17.4. The number of phenols is 3. The van der Waals surface area contributed by atoms with Crippen LogP contribution in [0.2, 0.25) is 0 Å². The molecule has 5 nitrogen and oxygen atoms in total. The van der Waals surface area contributed by atoms with Crippen molar-refractivity contribution < 1.29 is 24.9 Å². The highest BCUT2D eigenvalue weighted by Crippen LogP contribution is 2.38. The molecule has 1 heterocycles. The van der Waals surface area contributed by atoms with Crippen LogP contribution in [-0.4, -0.2) is 21.1 Å². The largest absolute Gasteiger partial charge is 0.508 e. The maximum atomic E-state index is 12.5. The smallest absolute Gasteiger partial charge is 0.231 e. The van der Waals surface area contributed by atoms with Gasteiger partial charge in [0, 0.05) is 17.2 Å². The first-order chi connectivity index (χ1) is 14.3. The number of hydrogen-bond acceptors (Lipinski definition) is 5. The van der Waals surface area contributed by atoms with E-state index >= 15 is 0 Å². The Kier molecular flexibility index (Phi) is 6.31. The minimum Gasteiger partial charge on any atom is -0.508 e. The molecule has 0 bridgehead atoms. The van der Waals surface area contributed by atoms with Gasteiger partial charge in [0.05, 0.1) is 5.56 Å². The van der Waals surface area contributed by atoms with E-state index in [9.17, 15) is 20.1 Å². The van der Waals surface area contributed by atoms with Crippen molar-refractivity contribution in [3.8, 4) is 23.0 Å². The number of benzene rings is 2. The van der Waals surface area contributed by atoms with Crippen molar-refractivity contribution in [3.05, 3.63) is 76.1 Å². The monoisotopic (exact) mass is 406 g/mol. The van der Waals surface area contributed by atoms with Gasteiger partial charge in [-0.3, -0.25) is 4.79 Å². The lowest BCUT2D eigenvalue weighted by molar-refractivity contribution is 0.101. The van der Waals surface area contributed by atoms with Crippen LogP contribution in [0.4, 0.5) is 0 Å². The molecule has 2 aromatic carbocycles. The van der Waals surface area contributed by atoms with E-state index in [0.717, 1.165) is 12.8 Å². The van der Waals surface area contributed by atoms with Crippen molar-refractivity contribution in [2.75, 3.05) is 0 Å². The summed E-state index contributed by atoms with van der Waals surface area (Å²) in [5, 5.41) is 30.4. The summed E-state index contributed by atoms with van der Waals surface area (Å²) in [7, 11) is 0. The van der Waals surface area contributed by atoms with Crippen LogP contribution in [-0.2, 0) is 6.42 Å². The summed E-state index contributed by atoms with van der Waals surface area (Å²) < 4.78 is 5.51. The topological polar surface area (TPSA) is 87.0 Å². The number of Topliss-reactive ketones (excluding diaryl/α,β-unsaturated/α-hetero) is 1. The van der Waals surface area contributed by atoms with Crippen LogP contribution >= 0.6 is 0 Å². The number of carbonyl (C=O) groups excluding carboxylic acids is 1. The summed E-state index contributed by atoms with van der Waals surface area (Å²) in [4.78, 5) is 12.5. The molecule has 1 aliphatic rings. The van der Waals surface area contributed by atoms with E-state index in [4.69, 9.17) is 4.74 Å². The zero-order valence-electron chi connectivity index (χ0n) is 17.4. The van der Waals surface area contributed by atoms with Gasteiger partial charge in [-0.2, -0.15) is 0 Å². The third kappa shape index (κ3) is 4.74. The molecule has 30 heavy (non-hydrogen) atoms. The number of aromatic hydroxyl groups is 3. The molecule has 3 rings (SSSR count). The van der Waals surface area contributed by atoms with Gasteiger partial charge in [0.25, 0.3) is 0 Å². The molecule has 0 saturated carbocycles. The molecule has 3 N–H and O–H groups in total. The fourth-order valence-electron chi connectivity index (χ4n) is 3.21. The van der Waals surface area contributed by atoms with Crippen molar-refractivity contribution in [1.82, 2.24) is 0 Å². The lowest BCUT2D eigenvalue weighted by Crippen LogP contribution is -1.98. The number of ether oxygens (including phenoxy) is 1. The molecule has 0 radical (unpaired) electrons. The van der Waals surface area contributed by atoms with Crippen LogP contribution < -0.4 is 4.74 Å². The maximum Gasteiger partial charge on any atom is 0.231 e. The van der Waals surface area contributed by atoms with E-state index in [-0.39, 0.29) is 40.1 Å². The second-order valence-electron chi connectivity index (χ2n) is 7.71. The average Bonchev–Trinajstić information content (AvgIpc) is 2.99. The fraction of sp³-hybridized carbons (Fsp3) is 0.240. The Bertz CT molecular complexity index is 1070. The quantitative estimate of drug-likeness (QED) is 0.328. The molecular formula is C25H26O5. The highest BCUT2D eigenvalue weighted by Gasteiger charge is 2.28. The van der Waals surface area contributed by atoms with Gasteiger partial charge in [-0.25, -0.2) is 0 Å². The van der Waals surface area contributed by atoms with Crippen molar-refractivity contribution in [2.24, 2.45) is 0 Å². The van der Waals surface area contributed by atoms with Gasteiger partial charge in [-0.05, 0) is 58.2 Å². The highest BCUT2D eigenvalue weighted by molar-refractivity contribution is 6.14. The lowest BCUT2D eigenvalue weighted by atomic mass is 10.0. The summed E-state index contributed by atoms with van der Waals surface area (Å²) in [6.45, 7) is 6.19. The van der Waals surface area contributed by atoms with Gasteiger partial charge >= 0.3 is 0 Å². The summed E-state index contributed by atoms with van der Waals surface area (Å²) in [6.07, 6.45) is 8.03. The van der Waals surface area contributed by atoms with Crippen molar-refractivity contribution >= 4 is 11.9 Å². The second-order valence-corrected chi connectivity index (χ2v) is 7.71. The maximum absolute atomic E-state index is 12.5. The highest BCUT2D eigenvalue weighted by atomic mass is 16.5. The van der Waals surface area contributed by atoms with Gasteiger partial charge in [0.2, 0.25) is 5.78 Å². The summed E-state index contributed by atoms with van der Waals surface area (Å²) in [5.74, 6) is -0.572. The number of hydrogen-bond donors (Lipinski definition) is 3. The molecule has 0 saturated heterocycles. The molecule has 2 aromatic rings. The molecule has 5 heteroatoms. The van der Waals surface area contributed by atoms with E-state index in [2.05, 4.69) is 19.9 Å². The molecule has 0 amide bonds. The number of fused-ring (bicyclic) bond motifs is 1. The number of ketones is 1. The predicted octanol–water partition coefficient (Wildman–Crippen LogP) is 5.65. The Morgan fingerprint density at radius 1 is 1.00 bits per heavy atom. The third-order valence-corrected chi connectivity index (χ3v) is 4.97. The molecule has 0 aliphatic carbocycles. The summed E-state index contributed by atoms with van der Waals surface area (Å²) in [6, 6.07) is 7.62. The molecule has 0 unspecified atom stereocenters. The SMILES string of the molecule is CC(C)=CCCC(C)=CCc1ccc(C=C2Oc3cc(O)ccc3C2=O)c(O)c1O. The second kappa shape index (κ2) is 8.91. The summed E-state index contributed by atoms with van der Waals surface area (Å²) in [5.41, 5.74) is 3.72. The Hall–Kier alpha value is -3.47. The zero-order chi connectivity index (χ0) is 21.8. The van der Waals surface area contributed by atoms with E-state index in [1.165, 1.54) is 35.4 Å². The minimum atomic E-state index is -0.345. The first-order valence-electron chi connectivity index (χ1n) is 9.86. The fourth-order valence-corrected chi connectivity index (χ4v) is 3.21. The van der Waals surface area contributed by atoms with Crippen molar-refractivity contribution in [2.45, 2.75) is 40.0 Å². The van der Waals surface area contributed by atoms with Gasteiger partial charge in [0.1, 0.15) is 11.5 Å². The molecule has 0 spiro atoms. The Morgan fingerprint density at radius 3 is 2.50 bits per heavy atom. The van der Waals surface area contributed by atoms with Crippen LogP contribution in [0, 0.1) is 0 Å². The predicted molar refractivity (Wildman–Crippen MR) is 117 cm³/mol. The number of rotatable bonds is 6.